The predicted molar refractivity (Wildman–Crippen MR) is 250 cm³/mol. The van der Waals surface area contributed by atoms with Gasteiger partial charge in [0.15, 0.2) is 0 Å². The average Bonchev–Trinajstić information content (AvgIpc) is 4.08. The summed E-state index contributed by atoms with van der Waals surface area (Å²) in [5.74, 6) is 2.33. The van der Waals surface area contributed by atoms with Crippen molar-refractivity contribution in [1.82, 2.24) is 0 Å². The molecular formula is C55H44N2OS2. The third-order valence-electron chi connectivity index (χ3n) is 14.3. The van der Waals surface area contributed by atoms with Crippen LogP contribution >= 0.6 is 23.5 Å². The molecule has 0 N–H and O–H groups in total. The van der Waals surface area contributed by atoms with Gasteiger partial charge in [-0.05, 0) is 119 Å². The van der Waals surface area contributed by atoms with Crippen LogP contribution in [0.15, 0.2) is 185 Å². The van der Waals surface area contributed by atoms with Crippen LogP contribution in [-0.4, -0.2) is 10.5 Å². The number of hydrogen-bond acceptors (Lipinski definition) is 5. The number of benzene rings is 6. The van der Waals surface area contributed by atoms with Crippen molar-refractivity contribution in [3.05, 3.63) is 209 Å². The summed E-state index contributed by atoms with van der Waals surface area (Å²) < 4.78 is 6.54. The van der Waals surface area contributed by atoms with E-state index in [1.165, 1.54) is 65.7 Å². The first-order valence-electron chi connectivity index (χ1n) is 21.5. The molecule has 0 radical (unpaired) electrons. The van der Waals surface area contributed by atoms with Gasteiger partial charge in [0.25, 0.3) is 0 Å². The Kier molecular flexibility index (Phi) is 7.73. The monoisotopic (exact) mass is 812 g/mol. The van der Waals surface area contributed by atoms with Gasteiger partial charge in [-0.3, -0.25) is 0 Å². The Labute approximate surface area is 361 Å². The Bertz CT molecular complexity index is 2840. The molecule has 60 heavy (non-hydrogen) atoms. The molecule has 0 amide bonds. The Morgan fingerprint density at radius 2 is 1.25 bits per heavy atom. The van der Waals surface area contributed by atoms with Crippen molar-refractivity contribution in [2.24, 2.45) is 0 Å². The van der Waals surface area contributed by atoms with E-state index in [4.69, 9.17) is 4.74 Å². The van der Waals surface area contributed by atoms with Gasteiger partial charge in [0.05, 0.1) is 12.1 Å². The van der Waals surface area contributed by atoms with Crippen LogP contribution in [0.5, 0.6) is 5.75 Å². The van der Waals surface area contributed by atoms with Gasteiger partial charge in [-0.1, -0.05) is 117 Å². The Balaban J connectivity index is 0.911. The number of para-hydroxylation sites is 1. The minimum atomic E-state index is -0.0184. The van der Waals surface area contributed by atoms with E-state index in [9.17, 15) is 0 Å². The molecule has 7 aliphatic rings. The lowest BCUT2D eigenvalue weighted by Gasteiger charge is -2.33. The molecule has 1 fully saturated rings. The molecule has 292 valence electrons. The molecule has 4 aliphatic heterocycles. The van der Waals surface area contributed by atoms with E-state index in [-0.39, 0.29) is 11.3 Å². The second-order valence-corrected chi connectivity index (χ2v) is 20.2. The molecule has 1 saturated heterocycles. The van der Waals surface area contributed by atoms with E-state index in [1.54, 1.807) is 5.57 Å². The van der Waals surface area contributed by atoms with Crippen LogP contribution in [-0.2, 0) is 5.41 Å². The average molecular weight is 813 g/mol. The van der Waals surface area contributed by atoms with Gasteiger partial charge in [0, 0.05) is 65.5 Å². The van der Waals surface area contributed by atoms with Crippen molar-refractivity contribution in [2.75, 3.05) is 9.80 Å². The van der Waals surface area contributed by atoms with E-state index in [0.29, 0.717) is 22.6 Å². The van der Waals surface area contributed by atoms with Crippen LogP contribution in [0, 0.1) is 0 Å². The van der Waals surface area contributed by atoms with Gasteiger partial charge in [-0.2, -0.15) is 0 Å². The number of thioether (sulfide) groups is 2. The summed E-state index contributed by atoms with van der Waals surface area (Å²) >= 11 is 4.18. The normalized spacial score (nSPS) is 24.3. The van der Waals surface area contributed by atoms with Crippen LogP contribution in [0.2, 0.25) is 0 Å². The minimum absolute atomic E-state index is 0.0184. The third kappa shape index (κ3) is 5.06. The molecule has 0 bridgehead atoms. The van der Waals surface area contributed by atoms with Crippen LogP contribution < -0.4 is 14.5 Å². The predicted octanol–water partition coefficient (Wildman–Crippen LogP) is 14.6. The van der Waals surface area contributed by atoms with Gasteiger partial charge in [-0.15, -0.1) is 23.5 Å². The zero-order valence-electron chi connectivity index (χ0n) is 33.7. The molecule has 5 atom stereocenters. The molecule has 3 nitrogen and oxygen atoms in total. The Hall–Kier alpha value is -5.62. The molecular weight excluding hydrogens is 769 g/mol. The molecule has 6 aromatic rings. The minimum Gasteiger partial charge on any atom is -0.460 e. The number of fused-ring (bicyclic) bond motifs is 12. The lowest BCUT2D eigenvalue weighted by Crippen LogP contribution is -2.27. The topological polar surface area (TPSA) is 15.7 Å². The molecule has 0 spiro atoms. The first-order valence-corrected chi connectivity index (χ1v) is 23.3. The molecule has 4 heterocycles. The summed E-state index contributed by atoms with van der Waals surface area (Å²) in [6.07, 6.45) is 12.5. The largest absolute Gasteiger partial charge is 0.460 e. The molecule has 6 aromatic carbocycles. The van der Waals surface area contributed by atoms with E-state index < -0.39 is 0 Å². The van der Waals surface area contributed by atoms with Crippen LogP contribution in [0.4, 0.5) is 22.7 Å². The number of anilines is 4. The Morgan fingerprint density at radius 3 is 1.97 bits per heavy atom. The first-order chi connectivity index (χ1) is 29.5. The fourth-order valence-corrected chi connectivity index (χ4v) is 14.8. The van der Waals surface area contributed by atoms with Gasteiger partial charge in [0.2, 0.25) is 0 Å². The summed E-state index contributed by atoms with van der Waals surface area (Å²) in [4.78, 5) is 8.10. The van der Waals surface area contributed by atoms with Crippen molar-refractivity contribution in [3.8, 4) is 5.75 Å². The smallest absolute Gasteiger partial charge is 0.130 e. The second kappa shape index (κ2) is 13.2. The lowest BCUT2D eigenvalue weighted by molar-refractivity contribution is 0.429. The van der Waals surface area contributed by atoms with E-state index in [2.05, 4.69) is 211 Å². The number of hydrogen-bond donors (Lipinski definition) is 0. The van der Waals surface area contributed by atoms with E-state index >= 15 is 0 Å². The molecule has 5 unspecified atom stereocenters. The zero-order chi connectivity index (χ0) is 39.7. The zero-order valence-corrected chi connectivity index (χ0v) is 35.3. The van der Waals surface area contributed by atoms with E-state index in [0.717, 1.165) is 42.1 Å². The highest BCUT2D eigenvalue weighted by Gasteiger charge is 2.57. The number of nitrogens with zero attached hydrogens (tertiary/aromatic N) is 2. The summed E-state index contributed by atoms with van der Waals surface area (Å²) in [5, 5.41) is 0.996. The highest BCUT2D eigenvalue weighted by atomic mass is 32.2. The van der Waals surface area contributed by atoms with Crippen molar-refractivity contribution in [1.29, 1.82) is 0 Å². The maximum absolute atomic E-state index is 6.54. The quantitative estimate of drug-likeness (QED) is 0.172. The maximum atomic E-state index is 6.54. The van der Waals surface area contributed by atoms with Crippen LogP contribution in [0.3, 0.4) is 0 Å². The molecule has 3 aliphatic carbocycles. The van der Waals surface area contributed by atoms with Gasteiger partial charge < -0.3 is 14.5 Å². The van der Waals surface area contributed by atoms with Crippen molar-refractivity contribution in [2.45, 2.75) is 76.8 Å². The van der Waals surface area contributed by atoms with Crippen LogP contribution in [0.25, 0.3) is 11.1 Å². The maximum Gasteiger partial charge on any atom is 0.130 e. The summed E-state index contributed by atoms with van der Waals surface area (Å²) in [7, 11) is 0. The Morgan fingerprint density at radius 1 is 0.633 bits per heavy atom. The third-order valence-corrected chi connectivity index (χ3v) is 17.4. The highest BCUT2D eigenvalue weighted by Crippen LogP contribution is 2.66. The SMILES string of the molecule is CC1(C)C2=C(C=CCC2)c2ccc(N(c3ccc(C4=C5Oc6ccccc6C5CC=C4)cc3)c3ccc(N4C5c6ccccc6SC5C5Sc6ccccc6C54)cc3)cc21. The molecule has 13 rings (SSSR count). The fraction of sp³-hybridized carbons (Fsp3) is 0.200. The molecule has 0 saturated carbocycles. The molecule has 0 aromatic heterocycles. The molecule has 5 heteroatoms. The summed E-state index contributed by atoms with van der Waals surface area (Å²) in [6, 6.07) is 53.3. The number of allylic oxidation sites excluding steroid dienone is 8. The number of ether oxygens (including phenoxy) is 1. The van der Waals surface area contributed by atoms with Gasteiger partial charge >= 0.3 is 0 Å². The lowest BCUT2D eigenvalue weighted by atomic mass is 9.78. The summed E-state index contributed by atoms with van der Waals surface area (Å²) in [5.41, 5.74) is 17.1. The second-order valence-electron chi connectivity index (χ2n) is 17.7. The van der Waals surface area contributed by atoms with Gasteiger partial charge in [0.1, 0.15) is 11.5 Å². The van der Waals surface area contributed by atoms with E-state index in [1.807, 2.05) is 0 Å². The van der Waals surface area contributed by atoms with Crippen molar-refractivity contribution in [3.63, 3.8) is 0 Å². The van der Waals surface area contributed by atoms with Gasteiger partial charge in [-0.25, -0.2) is 0 Å². The number of rotatable bonds is 5. The standard InChI is InChI=1S/C55H44N2OS2/c1-55(2)45-18-7-3-12-39(45)40-31-30-37(32-46(40)55)56(34-24-22-33(23-25-34)38-16-11-17-42-41-13-4-8-19-47(41)58-52(38)42)35-26-28-36(29-27-35)57-50-43-14-5-9-20-48(43)59-53(50)54-51(57)44-15-6-10-21-49(44)60-54/h3-6,8-16,19-32,42,50-51,53-54H,7,17-18H2,1-2H3. The fourth-order valence-electron chi connectivity index (χ4n) is 11.5. The van der Waals surface area contributed by atoms with Crippen molar-refractivity contribution < 1.29 is 4.74 Å². The first kappa shape index (κ1) is 35.2. The van der Waals surface area contributed by atoms with Crippen LogP contribution in [0.1, 0.15) is 84.5 Å². The van der Waals surface area contributed by atoms with Crippen molar-refractivity contribution >= 4 is 57.4 Å². The highest BCUT2D eigenvalue weighted by molar-refractivity contribution is 8.04. The summed E-state index contributed by atoms with van der Waals surface area (Å²) in [6.45, 7) is 4.84.